The van der Waals surface area contributed by atoms with Crippen molar-refractivity contribution in [3.05, 3.63) is 24.3 Å². The Hall–Kier alpha value is -1.78. The highest BCUT2D eigenvalue weighted by Crippen LogP contribution is 2.29. The van der Waals surface area contributed by atoms with E-state index in [1.165, 1.54) is 70.6 Å². The summed E-state index contributed by atoms with van der Waals surface area (Å²) in [7, 11) is 0. The van der Waals surface area contributed by atoms with Gasteiger partial charge in [0.15, 0.2) is 12.4 Å². The molecule has 1 heterocycles. The van der Waals surface area contributed by atoms with Gasteiger partial charge in [0.25, 0.3) is 0 Å². The van der Waals surface area contributed by atoms with Gasteiger partial charge in [-0.1, -0.05) is 141 Å². The Labute approximate surface area is 297 Å². The lowest BCUT2D eigenvalue weighted by Crippen LogP contribution is -2.43. The molecule has 0 aliphatic carbocycles. The topological polar surface area (TPSA) is 143 Å². The van der Waals surface area contributed by atoms with Gasteiger partial charge in [-0.05, 0) is 32.1 Å². The van der Waals surface area contributed by atoms with Crippen LogP contribution in [0.4, 0.5) is 0 Å². The van der Waals surface area contributed by atoms with Gasteiger partial charge in [-0.25, -0.2) is 0 Å². The van der Waals surface area contributed by atoms with Crippen LogP contribution in [0.3, 0.4) is 0 Å². The van der Waals surface area contributed by atoms with Gasteiger partial charge in [0.05, 0.1) is 24.9 Å². The van der Waals surface area contributed by atoms with E-state index in [0.717, 1.165) is 38.5 Å². The predicted molar refractivity (Wildman–Crippen MR) is 195 cm³/mol. The Morgan fingerprint density at radius 3 is 1.96 bits per heavy atom. The molecule has 286 valence electrons. The fourth-order valence-corrected chi connectivity index (χ4v) is 6.18. The summed E-state index contributed by atoms with van der Waals surface area (Å²) >= 11 is 0. The summed E-state index contributed by atoms with van der Waals surface area (Å²) in [5.41, 5.74) is 0. The molecule has 49 heavy (non-hydrogen) atoms. The number of carbonyl (C=O) groups excluding carboxylic acids is 2. The van der Waals surface area contributed by atoms with E-state index in [-0.39, 0.29) is 31.3 Å². The number of aliphatic hydroxyl groups excluding tert-OH is 4. The molecule has 0 aromatic carbocycles. The Bertz CT molecular complexity index is 861. The molecule has 1 aliphatic heterocycles. The summed E-state index contributed by atoms with van der Waals surface area (Å²) in [4.78, 5) is 24.4. The van der Waals surface area contributed by atoms with Crippen LogP contribution in [0.15, 0.2) is 24.3 Å². The van der Waals surface area contributed by atoms with Crippen molar-refractivity contribution in [1.29, 1.82) is 0 Å². The van der Waals surface area contributed by atoms with E-state index in [4.69, 9.17) is 14.2 Å². The number of hydrogen-bond donors (Lipinski definition) is 4. The minimum atomic E-state index is -1.05. The fourth-order valence-electron chi connectivity index (χ4n) is 6.18. The van der Waals surface area contributed by atoms with E-state index in [0.29, 0.717) is 32.1 Å². The van der Waals surface area contributed by atoms with E-state index in [1.807, 2.05) is 12.2 Å². The molecule has 0 aromatic rings. The first-order valence-electron chi connectivity index (χ1n) is 19.8. The van der Waals surface area contributed by atoms with E-state index in [9.17, 15) is 30.0 Å². The van der Waals surface area contributed by atoms with Gasteiger partial charge in [0.2, 0.25) is 0 Å². The number of rotatable bonds is 31. The fraction of sp³-hybridized carbons (Fsp3) is 0.850. The zero-order chi connectivity index (χ0) is 36.0. The number of aliphatic hydroxyl groups is 4. The Kier molecular flexibility index (Phi) is 28.6. The monoisotopic (exact) mass is 697 g/mol. The van der Waals surface area contributed by atoms with Gasteiger partial charge in [0, 0.05) is 25.2 Å². The maximum atomic E-state index is 12.3. The first-order valence-corrected chi connectivity index (χ1v) is 19.8. The number of hydrogen-bond acceptors (Lipinski definition) is 9. The van der Waals surface area contributed by atoms with Crippen LogP contribution in [0.2, 0.25) is 0 Å². The van der Waals surface area contributed by atoms with E-state index >= 15 is 0 Å². The van der Waals surface area contributed by atoms with Crippen LogP contribution in [0, 0.1) is 5.92 Å². The number of carbonyl (C=O) groups is 2. The second kappa shape index (κ2) is 31.0. The van der Waals surface area contributed by atoms with Gasteiger partial charge in [0.1, 0.15) is 6.61 Å². The highest BCUT2D eigenvalue weighted by atomic mass is 16.6. The Balaban J connectivity index is 2.16. The minimum Gasteiger partial charge on any atom is -0.462 e. The summed E-state index contributed by atoms with van der Waals surface area (Å²) in [5.74, 6) is -1.04. The average Bonchev–Trinajstić information content (AvgIpc) is 3.08. The molecule has 1 aliphatic rings. The number of unbranched alkanes of at least 4 members (excludes halogenated alkanes) is 16. The molecule has 1 saturated heterocycles. The second-order valence-corrected chi connectivity index (χ2v) is 13.9. The van der Waals surface area contributed by atoms with E-state index in [1.54, 1.807) is 12.2 Å². The third-order valence-corrected chi connectivity index (χ3v) is 9.29. The molecule has 0 aromatic heterocycles. The molecule has 0 spiro atoms. The van der Waals surface area contributed by atoms with Crippen molar-refractivity contribution in [3.8, 4) is 0 Å². The van der Waals surface area contributed by atoms with E-state index < -0.39 is 43.3 Å². The molecule has 0 saturated carbocycles. The first kappa shape index (κ1) is 45.2. The Morgan fingerprint density at radius 2 is 1.35 bits per heavy atom. The van der Waals surface area contributed by atoms with Gasteiger partial charge in [-0.3, -0.25) is 9.59 Å². The maximum absolute atomic E-state index is 12.3. The Morgan fingerprint density at radius 1 is 0.776 bits per heavy atom. The molecule has 9 heteroatoms. The quantitative estimate of drug-likeness (QED) is 0.0322. The van der Waals surface area contributed by atoms with Crippen LogP contribution in [0.5, 0.6) is 0 Å². The van der Waals surface area contributed by atoms with Crippen molar-refractivity contribution < 1.29 is 44.2 Å². The number of allylic oxidation sites excluding steroid dienone is 2. The lowest BCUT2D eigenvalue weighted by molar-refractivity contribution is -0.199. The van der Waals surface area contributed by atoms with Crippen molar-refractivity contribution in [2.24, 2.45) is 5.92 Å². The number of esters is 2. The summed E-state index contributed by atoms with van der Waals surface area (Å²) in [6.07, 6.45) is 27.1. The van der Waals surface area contributed by atoms with Crippen LogP contribution in [0.25, 0.3) is 0 Å². The van der Waals surface area contributed by atoms with Crippen LogP contribution in [-0.4, -0.2) is 76.3 Å². The zero-order valence-corrected chi connectivity index (χ0v) is 31.0. The lowest BCUT2D eigenvalue weighted by atomic mass is 9.87. The first-order chi connectivity index (χ1) is 23.8. The van der Waals surface area contributed by atoms with Crippen LogP contribution >= 0.6 is 0 Å². The van der Waals surface area contributed by atoms with Gasteiger partial charge in [-0.2, -0.15) is 0 Å². The molecule has 1 fully saturated rings. The summed E-state index contributed by atoms with van der Waals surface area (Å²) in [6.45, 7) is 3.80. The molecular weight excluding hydrogens is 624 g/mol. The van der Waals surface area contributed by atoms with E-state index in [2.05, 4.69) is 13.8 Å². The van der Waals surface area contributed by atoms with Crippen molar-refractivity contribution in [1.82, 2.24) is 0 Å². The van der Waals surface area contributed by atoms with Gasteiger partial charge in [-0.15, -0.1) is 0 Å². The van der Waals surface area contributed by atoms with Crippen molar-refractivity contribution in [3.63, 3.8) is 0 Å². The normalized spacial score (nSPS) is 20.9. The smallest absolute Gasteiger partial charge is 0.306 e. The molecule has 0 radical (unpaired) electrons. The highest BCUT2D eigenvalue weighted by Gasteiger charge is 2.35. The summed E-state index contributed by atoms with van der Waals surface area (Å²) in [5, 5.41) is 40.3. The lowest BCUT2D eigenvalue weighted by Gasteiger charge is -2.36. The molecule has 0 amide bonds. The van der Waals surface area contributed by atoms with Crippen LogP contribution < -0.4 is 0 Å². The van der Waals surface area contributed by atoms with Crippen LogP contribution in [0.1, 0.15) is 168 Å². The maximum Gasteiger partial charge on any atom is 0.306 e. The molecular formula is C40H72O9. The summed E-state index contributed by atoms with van der Waals surface area (Å²) in [6, 6.07) is 0. The SMILES string of the molecule is CCCCCCCCCCCCCCCCC(=O)OC[C@H](CO)OC(=O)CCC/C=C\C[C@H]1[C@@H](O)CC(O)O[C@@H]1/C=C/[C@@H](O)CCCCC. The molecule has 0 bridgehead atoms. The molecule has 1 unspecified atom stereocenters. The van der Waals surface area contributed by atoms with Crippen molar-refractivity contribution in [2.45, 2.75) is 199 Å². The third-order valence-electron chi connectivity index (χ3n) is 9.29. The third kappa shape index (κ3) is 24.9. The predicted octanol–water partition coefficient (Wildman–Crippen LogP) is 8.00. The van der Waals surface area contributed by atoms with Gasteiger partial charge >= 0.3 is 11.9 Å². The van der Waals surface area contributed by atoms with Crippen molar-refractivity contribution in [2.75, 3.05) is 13.2 Å². The molecule has 9 nitrogen and oxygen atoms in total. The number of ether oxygens (including phenoxy) is 3. The largest absolute Gasteiger partial charge is 0.462 e. The molecule has 1 rings (SSSR count). The molecule has 4 N–H and O–H groups in total. The minimum absolute atomic E-state index is 0.133. The van der Waals surface area contributed by atoms with Gasteiger partial charge < -0.3 is 34.6 Å². The average molecular weight is 697 g/mol. The zero-order valence-electron chi connectivity index (χ0n) is 31.0. The highest BCUT2D eigenvalue weighted by molar-refractivity contribution is 5.70. The molecule has 6 atom stereocenters. The van der Waals surface area contributed by atoms with Crippen molar-refractivity contribution >= 4 is 11.9 Å². The summed E-state index contributed by atoms with van der Waals surface area (Å²) < 4.78 is 16.2. The second-order valence-electron chi connectivity index (χ2n) is 13.9. The van der Waals surface area contributed by atoms with Crippen LogP contribution in [-0.2, 0) is 23.8 Å². The standard InChI is InChI=1S/C40H72O9/c1-3-5-7-8-9-10-11-12-13-14-15-16-17-22-26-38(44)47-32-34(31-41)48-39(45)27-23-19-18-21-25-35-36(43)30-40(46)49-37(35)29-28-33(42)24-20-6-4-2/h18,21,28-29,33-37,40-43,46H,3-17,19-20,22-27,30-32H2,1-2H3/b21-18-,29-28+/t33-,34-,35-,36-,37+,40?/m0/s1.